The molecule has 0 aromatic rings. The standard InChI is InChI=1S/C10H19NO5S/c12-10(13)2-1-8-17(14,15)9-5-11-3-6-16-7-4-11/h1-9H2,(H,12,13). The Morgan fingerprint density at radius 3 is 2.47 bits per heavy atom. The Bertz CT molecular complexity index is 335. The van der Waals surface area contributed by atoms with E-state index in [4.69, 9.17) is 9.84 Å². The van der Waals surface area contributed by atoms with E-state index in [9.17, 15) is 13.2 Å². The molecule has 0 spiro atoms. The first-order valence-corrected chi connectivity index (χ1v) is 7.54. The Morgan fingerprint density at radius 2 is 1.88 bits per heavy atom. The van der Waals surface area contributed by atoms with E-state index in [1.807, 2.05) is 0 Å². The van der Waals surface area contributed by atoms with Gasteiger partial charge in [0.05, 0.1) is 24.7 Å². The van der Waals surface area contributed by atoms with Gasteiger partial charge in [-0.15, -0.1) is 0 Å². The molecule has 0 bridgehead atoms. The molecule has 0 atom stereocenters. The summed E-state index contributed by atoms with van der Waals surface area (Å²) in [5.74, 6) is -0.885. The molecule has 0 unspecified atom stereocenters. The van der Waals surface area contributed by atoms with Crippen LogP contribution < -0.4 is 0 Å². The molecule has 17 heavy (non-hydrogen) atoms. The van der Waals surface area contributed by atoms with Crippen molar-refractivity contribution in [3.05, 3.63) is 0 Å². The van der Waals surface area contributed by atoms with Crippen LogP contribution in [-0.4, -0.2) is 68.7 Å². The number of hydrogen-bond acceptors (Lipinski definition) is 5. The van der Waals surface area contributed by atoms with Crippen LogP contribution in [0, 0.1) is 0 Å². The van der Waals surface area contributed by atoms with Crippen molar-refractivity contribution in [3.8, 4) is 0 Å². The smallest absolute Gasteiger partial charge is 0.303 e. The maximum absolute atomic E-state index is 11.6. The number of carboxylic acids is 1. The van der Waals surface area contributed by atoms with Crippen molar-refractivity contribution >= 4 is 15.8 Å². The van der Waals surface area contributed by atoms with Crippen molar-refractivity contribution in [1.29, 1.82) is 0 Å². The quantitative estimate of drug-likeness (QED) is 0.674. The Balaban J connectivity index is 2.21. The average molecular weight is 265 g/mol. The number of carboxylic acid groups (broad SMARTS) is 1. The minimum atomic E-state index is -3.12. The van der Waals surface area contributed by atoms with Crippen LogP contribution in [0.15, 0.2) is 0 Å². The van der Waals surface area contributed by atoms with E-state index in [1.165, 1.54) is 0 Å². The molecule has 1 N–H and O–H groups in total. The van der Waals surface area contributed by atoms with E-state index in [-0.39, 0.29) is 24.3 Å². The van der Waals surface area contributed by atoms with E-state index in [2.05, 4.69) is 4.90 Å². The van der Waals surface area contributed by atoms with Crippen molar-refractivity contribution < 1.29 is 23.1 Å². The van der Waals surface area contributed by atoms with Crippen LogP contribution in [0.5, 0.6) is 0 Å². The van der Waals surface area contributed by atoms with E-state index in [0.29, 0.717) is 19.8 Å². The number of rotatable bonds is 7. The van der Waals surface area contributed by atoms with Crippen LogP contribution in [0.4, 0.5) is 0 Å². The summed E-state index contributed by atoms with van der Waals surface area (Å²) in [5.41, 5.74) is 0. The summed E-state index contributed by atoms with van der Waals surface area (Å²) < 4.78 is 28.4. The van der Waals surface area contributed by atoms with E-state index >= 15 is 0 Å². The van der Waals surface area contributed by atoms with Gasteiger partial charge in [-0.05, 0) is 6.42 Å². The molecule has 6 nitrogen and oxygen atoms in total. The zero-order chi connectivity index (χ0) is 12.7. The number of nitrogens with zero attached hydrogens (tertiary/aromatic N) is 1. The molecule has 0 amide bonds. The normalized spacial score (nSPS) is 18.1. The maximum Gasteiger partial charge on any atom is 0.303 e. The molecule has 100 valence electrons. The van der Waals surface area contributed by atoms with Gasteiger partial charge >= 0.3 is 5.97 Å². The van der Waals surface area contributed by atoms with Crippen molar-refractivity contribution in [2.45, 2.75) is 12.8 Å². The predicted molar refractivity (Wildman–Crippen MR) is 62.8 cm³/mol. The average Bonchev–Trinajstić information content (AvgIpc) is 2.27. The number of sulfone groups is 1. The maximum atomic E-state index is 11.6. The highest BCUT2D eigenvalue weighted by Crippen LogP contribution is 2.01. The molecule has 1 aliphatic rings. The molecule has 1 aliphatic heterocycles. The van der Waals surface area contributed by atoms with Gasteiger partial charge in [0.25, 0.3) is 0 Å². The van der Waals surface area contributed by atoms with Crippen LogP contribution in [0.3, 0.4) is 0 Å². The zero-order valence-electron chi connectivity index (χ0n) is 9.80. The van der Waals surface area contributed by atoms with Gasteiger partial charge in [-0.3, -0.25) is 9.69 Å². The molecule has 0 radical (unpaired) electrons. The second-order valence-corrected chi connectivity index (χ2v) is 6.41. The zero-order valence-corrected chi connectivity index (χ0v) is 10.6. The first kappa shape index (κ1) is 14.4. The minimum Gasteiger partial charge on any atom is -0.481 e. The molecular weight excluding hydrogens is 246 g/mol. The van der Waals surface area contributed by atoms with Gasteiger partial charge < -0.3 is 9.84 Å². The first-order valence-electron chi connectivity index (χ1n) is 5.72. The molecule has 1 rings (SSSR count). The van der Waals surface area contributed by atoms with Gasteiger partial charge in [-0.1, -0.05) is 0 Å². The van der Waals surface area contributed by atoms with Crippen LogP contribution in [-0.2, 0) is 19.4 Å². The molecule has 1 fully saturated rings. The topological polar surface area (TPSA) is 83.9 Å². The minimum absolute atomic E-state index is 0.0381. The monoisotopic (exact) mass is 265 g/mol. The van der Waals surface area contributed by atoms with Gasteiger partial charge in [0, 0.05) is 26.1 Å². The third-order valence-electron chi connectivity index (χ3n) is 2.67. The summed E-state index contributed by atoms with van der Waals surface area (Å²) in [7, 11) is -3.12. The third kappa shape index (κ3) is 6.60. The highest BCUT2D eigenvalue weighted by molar-refractivity contribution is 7.91. The summed E-state index contributed by atoms with van der Waals surface area (Å²) >= 11 is 0. The van der Waals surface area contributed by atoms with E-state index in [0.717, 1.165) is 13.1 Å². The fraction of sp³-hybridized carbons (Fsp3) is 0.900. The summed E-state index contributed by atoms with van der Waals surface area (Å²) in [6.45, 7) is 3.35. The lowest BCUT2D eigenvalue weighted by molar-refractivity contribution is -0.137. The van der Waals surface area contributed by atoms with Crippen LogP contribution in [0.1, 0.15) is 12.8 Å². The number of morpholine rings is 1. The van der Waals surface area contributed by atoms with Crippen molar-refractivity contribution in [2.75, 3.05) is 44.4 Å². The number of aliphatic carboxylic acids is 1. The molecule has 1 heterocycles. The number of ether oxygens (including phenoxy) is 1. The molecule has 0 aromatic heterocycles. The number of carbonyl (C=O) groups is 1. The molecule has 7 heteroatoms. The van der Waals surface area contributed by atoms with Crippen molar-refractivity contribution in [1.82, 2.24) is 4.90 Å². The first-order chi connectivity index (χ1) is 7.99. The molecular formula is C10H19NO5S. The number of hydrogen-bond donors (Lipinski definition) is 1. The summed E-state index contributed by atoms with van der Waals surface area (Å²) in [5, 5.41) is 8.43. The second-order valence-electron chi connectivity index (χ2n) is 4.10. The predicted octanol–water partition coefficient (Wildman–Crippen LogP) is -0.402. The molecule has 1 saturated heterocycles. The largest absolute Gasteiger partial charge is 0.481 e. The Hall–Kier alpha value is -0.660. The Labute approximate surface area is 101 Å². The van der Waals surface area contributed by atoms with Crippen LogP contribution in [0.2, 0.25) is 0 Å². The molecule has 0 saturated carbocycles. The highest BCUT2D eigenvalue weighted by Gasteiger charge is 2.16. The van der Waals surface area contributed by atoms with Gasteiger partial charge in [0.2, 0.25) is 0 Å². The van der Waals surface area contributed by atoms with E-state index < -0.39 is 15.8 Å². The fourth-order valence-corrected chi connectivity index (χ4v) is 2.96. The lowest BCUT2D eigenvalue weighted by Crippen LogP contribution is -2.39. The molecule has 0 aliphatic carbocycles. The van der Waals surface area contributed by atoms with Gasteiger partial charge in [0.15, 0.2) is 9.84 Å². The summed E-state index contributed by atoms with van der Waals surface area (Å²) in [6.07, 6.45) is 0.109. The SMILES string of the molecule is O=C(O)CCCS(=O)(=O)CCN1CCOCC1. The highest BCUT2D eigenvalue weighted by atomic mass is 32.2. The Kier molecular flexibility index (Phi) is 5.87. The lowest BCUT2D eigenvalue weighted by atomic mass is 10.3. The second kappa shape index (κ2) is 6.93. The van der Waals surface area contributed by atoms with Crippen LogP contribution >= 0.6 is 0 Å². The van der Waals surface area contributed by atoms with Crippen LogP contribution in [0.25, 0.3) is 0 Å². The molecule has 0 aromatic carbocycles. The summed E-state index contributed by atoms with van der Waals surface area (Å²) in [4.78, 5) is 12.3. The van der Waals surface area contributed by atoms with E-state index in [1.54, 1.807) is 0 Å². The van der Waals surface area contributed by atoms with Gasteiger partial charge in [-0.25, -0.2) is 8.42 Å². The lowest BCUT2D eigenvalue weighted by Gasteiger charge is -2.26. The van der Waals surface area contributed by atoms with Gasteiger partial charge in [-0.2, -0.15) is 0 Å². The Morgan fingerprint density at radius 1 is 1.24 bits per heavy atom. The fourth-order valence-electron chi connectivity index (χ4n) is 1.64. The van der Waals surface area contributed by atoms with Gasteiger partial charge in [0.1, 0.15) is 0 Å². The summed E-state index contributed by atoms with van der Waals surface area (Å²) in [6, 6.07) is 0. The van der Waals surface area contributed by atoms with Crippen molar-refractivity contribution in [3.63, 3.8) is 0 Å². The third-order valence-corrected chi connectivity index (χ3v) is 4.38. The van der Waals surface area contributed by atoms with Crippen molar-refractivity contribution in [2.24, 2.45) is 0 Å².